The molecule has 3 nitrogen and oxygen atoms in total. The number of nitrogens with two attached hydrogens (primary N) is 1. The maximum absolute atomic E-state index is 5.73. The predicted molar refractivity (Wildman–Crippen MR) is 77.0 cm³/mol. The third-order valence-electron chi connectivity index (χ3n) is 3.09. The van der Waals surface area contributed by atoms with Gasteiger partial charge in [0.05, 0.1) is 6.04 Å². The Labute approximate surface area is 116 Å². The van der Waals surface area contributed by atoms with E-state index in [0.717, 1.165) is 15.6 Å². The summed E-state index contributed by atoms with van der Waals surface area (Å²) in [5, 5.41) is 0. The first-order chi connectivity index (χ1) is 8.65. The minimum atomic E-state index is -0.0621. The second-order valence-electron chi connectivity index (χ2n) is 4.31. The van der Waals surface area contributed by atoms with E-state index >= 15 is 0 Å². The van der Waals surface area contributed by atoms with E-state index in [0.29, 0.717) is 0 Å². The summed E-state index contributed by atoms with van der Waals surface area (Å²) < 4.78 is 1.08. The van der Waals surface area contributed by atoms with E-state index in [9.17, 15) is 0 Å². The molecule has 1 aromatic carbocycles. The Hall–Kier alpha value is -1.23. The van der Waals surface area contributed by atoms with E-state index in [-0.39, 0.29) is 6.04 Å². The van der Waals surface area contributed by atoms with Crippen LogP contribution in [0.3, 0.4) is 0 Å². The minimum Gasteiger partial charge on any atom is -0.271 e. The lowest BCUT2D eigenvalue weighted by atomic mass is 9.96. The molecule has 0 spiro atoms. The molecular weight excluding hydrogens is 290 g/mol. The standard InChI is InChI=1S/C14H16BrN3/c1-9-6-7-17-8-12(9)14(18-16)11-5-3-4-10(2)13(11)15/h3-8,14,18H,16H2,1-2H3. The summed E-state index contributed by atoms with van der Waals surface area (Å²) >= 11 is 3.63. The molecule has 4 heteroatoms. The molecule has 1 heterocycles. The number of hydrazine groups is 1. The summed E-state index contributed by atoms with van der Waals surface area (Å²) in [6.07, 6.45) is 3.65. The van der Waals surface area contributed by atoms with Crippen molar-refractivity contribution in [1.29, 1.82) is 0 Å². The Morgan fingerprint density at radius 2 is 1.94 bits per heavy atom. The average Bonchev–Trinajstić information content (AvgIpc) is 2.37. The van der Waals surface area contributed by atoms with Crippen LogP contribution >= 0.6 is 15.9 Å². The zero-order chi connectivity index (χ0) is 13.1. The molecule has 0 bridgehead atoms. The third-order valence-corrected chi connectivity index (χ3v) is 4.17. The van der Waals surface area contributed by atoms with Gasteiger partial charge in [-0.05, 0) is 42.2 Å². The summed E-state index contributed by atoms with van der Waals surface area (Å²) in [7, 11) is 0. The number of pyridine rings is 1. The van der Waals surface area contributed by atoms with Gasteiger partial charge in [0.1, 0.15) is 0 Å². The number of nitrogens with one attached hydrogen (secondary N) is 1. The molecule has 1 unspecified atom stereocenters. The highest BCUT2D eigenvalue weighted by molar-refractivity contribution is 9.10. The molecule has 0 aliphatic carbocycles. The van der Waals surface area contributed by atoms with Crippen molar-refractivity contribution >= 4 is 15.9 Å². The number of benzene rings is 1. The van der Waals surface area contributed by atoms with E-state index in [4.69, 9.17) is 5.84 Å². The second-order valence-corrected chi connectivity index (χ2v) is 5.10. The molecule has 0 aliphatic rings. The summed E-state index contributed by atoms with van der Waals surface area (Å²) in [4.78, 5) is 4.18. The maximum Gasteiger partial charge on any atom is 0.0738 e. The van der Waals surface area contributed by atoms with Crippen molar-refractivity contribution in [3.8, 4) is 0 Å². The van der Waals surface area contributed by atoms with Crippen molar-refractivity contribution in [3.05, 3.63) is 63.4 Å². The summed E-state index contributed by atoms with van der Waals surface area (Å²) in [5.41, 5.74) is 7.44. The lowest BCUT2D eigenvalue weighted by molar-refractivity contribution is 0.628. The first-order valence-electron chi connectivity index (χ1n) is 5.76. The number of halogens is 1. The summed E-state index contributed by atoms with van der Waals surface area (Å²) in [6, 6.07) is 8.09. The van der Waals surface area contributed by atoms with Gasteiger partial charge in [0, 0.05) is 16.9 Å². The zero-order valence-electron chi connectivity index (χ0n) is 10.4. The lowest BCUT2D eigenvalue weighted by Crippen LogP contribution is -2.29. The van der Waals surface area contributed by atoms with Crippen molar-refractivity contribution in [3.63, 3.8) is 0 Å². The Morgan fingerprint density at radius 1 is 1.17 bits per heavy atom. The Bertz CT molecular complexity index is 554. The molecular formula is C14H16BrN3. The van der Waals surface area contributed by atoms with Gasteiger partial charge < -0.3 is 0 Å². The average molecular weight is 306 g/mol. The van der Waals surface area contributed by atoms with Gasteiger partial charge in [0.2, 0.25) is 0 Å². The van der Waals surface area contributed by atoms with Gasteiger partial charge in [-0.15, -0.1) is 0 Å². The van der Waals surface area contributed by atoms with Crippen molar-refractivity contribution in [2.45, 2.75) is 19.9 Å². The van der Waals surface area contributed by atoms with Gasteiger partial charge in [-0.3, -0.25) is 10.8 Å². The van der Waals surface area contributed by atoms with Crippen LogP contribution in [0.25, 0.3) is 0 Å². The smallest absolute Gasteiger partial charge is 0.0738 e. The predicted octanol–water partition coefficient (Wildman–Crippen LogP) is 3.01. The van der Waals surface area contributed by atoms with E-state index in [1.54, 1.807) is 6.20 Å². The highest BCUT2D eigenvalue weighted by Crippen LogP contribution is 2.31. The van der Waals surface area contributed by atoms with Crippen LogP contribution in [0.15, 0.2) is 41.1 Å². The topological polar surface area (TPSA) is 50.9 Å². The molecule has 0 saturated heterocycles. The van der Waals surface area contributed by atoms with Crippen LogP contribution in [0, 0.1) is 13.8 Å². The fourth-order valence-corrected chi connectivity index (χ4v) is 2.51. The molecule has 0 aliphatic heterocycles. The molecule has 0 saturated carbocycles. The molecule has 1 atom stereocenters. The summed E-state index contributed by atoms with van der Waals surface area (Å²) in [5.74, 6) is 5.73. The fourth-order valence-electron chi connectivity index (χ4n) is 2.02. The SMILES string of the molecule is Cc1ccncc1C(NN)c1cccc(C)c1Br. The van der Waals surface area contributed by atoms with Crippen molar-refractivity contribution in [1.82, 2.24) is 10.4 Å². The quantitative estimate of drug-likeness (QED) is 0.677. The van der Waals surface area contributed by atoms with E-state index in [1.807, 2.05) is 18.3 Å². The Kier molecular flexibility index (Phi) is 4.11. The third kappa shape index (κ3) is 2.46. The fraction of sp³-hybridized carbons (Fsp3) is 0.214. The summed E-state index contributed by atoms with van der Waals surface area (Å²) in [6.45, 7) is 4.13. The molecule has 3 N–H and O–H groups in total. The van der Waals surface area contributed by atoms with Gasteiger partial charge in [0.15, 0.2) is 0 Å². The van der Waals surface area contributed by atoms with Crippen LogP contribution in [0.4, 0.5) is 0 Å². The minimum absolute atomic E-state index is 0.0621. The van der Waals surface area contributed by atoms with E-state index in [2.05, 4.69) is 52.3 Å². The normalized spacial score (nSPS) is 12.4. The molecule has 0 radical (unpaired) electrons. The van der Waals surface area contributed by atoms with E-state index in [1.165, 1.54) is 11.1 Å². The highest BCUT2D eigenvalue weighted by Gasteiger charge is 2.17. The molecule has 2 rings (SSSR count). The lowest BCUT2D eigenvalue weighted by Gasteiger charge is -2.20. The first kappa shape index (κ1) is 13.2. The van der Waals surface area contributed by atoms with Gasteiger partial charge in [-0.2, -0.15) is 0 Å². The van der Waals surface area contributed by atoms with Crippen molar-refractivity contribution in [2.24, 2.45) is 5.84 Å². The molecule has 18 heavy (non-hydrogen) atoms. The highest BCUT2D eigenvalue weighted by atomic mass is 79.9. The molecule has 94 valence electrons. The number of nitrogens with zero attached hydrogens (tertiary/aromatic N) is 1. The number of aromatic nitrogens is 1. The maximum atomic E-state index is 5.73. The monoisotopic (exact) mass is 305 g/mol. The second kappa shape index (κ2) is 5.61. The number of aryl methyl sites for hydroxylation is 2. The van der Waals surface area contributed by atoms with Crippen molar-refractivity contribution in [2.75, 3.05) is 0 Å². The van der Waals surface area contributed by atoms with Gasteiger partial charge >= 0.3 is 0 Å². The Balaban J connectivity index is 2.53. The Morgan fingerprint density at radius 3 is 2.61 bits per heavy atom. The first-order valence-corrected chi connectivity index (χ1v) is 6.56. The van der Waals surface area contributed by atoms with Crippen LogP contribution in [0.1, 0.15) is 28.3 Å². The molecule has 2 aromatic rings. The van der Waals surface area contributed by atoms with Gasteiger partial charge in [-0.25, -0.2) is 5.43 Å². The van der Waals surface area contributed by atoms with Crippen LogP contribution in [-0.2, 0) is 0 Å². The number of rotatable bonds is 3. The van der Waals surface area contributed by atoms with Gasteiger partial charge in [-0.1, -0.05) is 34.1 Å². The molecule has 1 aromatic heterocycles. The largest absolute Gasteiger partial charge is 0.271 e. The molecule has 0 fully saturated rings. The van der Waals surface area contributed by atoms with Crippen LogP contribution in [0.5, 0.6) is 0 Å². The molecule has 0 amide bonds. The van der Waals surface area contributed by atoms with Crippen LogP contribution < -0.4 is 11.3 Å². The zero-order valence-corrected chi connectivity index (χ0v) is 12.0. The van der Waals surface area contributed by atoms with Crippen LogP contribution in [-0.4, -0.2) is 4.98 Å². The number of hydrogen-bond acceptors (Lipinski definition) is 3. The van der Waals surface area contributed by atoms with E-state index < -0.39 is 0 Å². The van der Waals surface area contributed by atoms with Crippen LogP contribution in [0.2, 0.25) is 0 Å². The van der Waals surface area contributed by atoms with Crippen molar-refractivity contribution < 1.29 is 0 Å². The number of hydrogen-bond donors (Lipinski definition) is 2. The van der Waals surface area contributed by atoms with Gasteiger partial charge in [0.25, 0.3) is 0 Å².